The van der Waals surface area contributed by atoms with Crippen molar-refractivity contribution in [2.45, 2.75) is 19.8 Å². The van der Waals surface area contributed by atoms with E-state index in [1.807, 2.05) is 11.8 Å². The maximum absolute atomic E-state index is 5.72. The van der Waals surface area contributed by atoms with Crippen LogP contribution < -0.4 is 5.32 Å². The van der Waals surface area contributed by atoms with E-state index in [1.165, 1.54) is 25.1 Å². The van der Waals surface area contributed by atoms with Crippen LogP contribution in [0, 0.1) is 5.41 Å². The number of hydrogen-bond acceptors (Lipinski definition) is 4. The average molecular weight is 260 g/mol. The summed E-state index contributed by atoms with van der Waals surface area (Å²) in [4.78, 5) is 2.46. The molecule has 1 unspecified atom stereocenters. The van der Waals surface area contributed by atoms with Crippen LogP contribution in [0.4, 0.5) is 0 Å². The molecule has 0 amide bonds. The third-order valence-corrected chi connectivity index (χ3v) is 4.03. The van der Waals surface area contributed by atoms with Gasteiger partial charge in [-0.1, -0.05) is 6.92 Å². The van der Waals surface area contributed by atoms with E-state index in [0.29, 0.717) is 5.41 Å². The summed E-state index contributed by atoms with van der Waals surface area (Å²) in [6.45, 7) is 8.51. The van der Waals surface area contributed by atoms with Crippen LogP contribution in [0.3, 0.4) is 0 Å². The van der Waals surface area contributed by atoms with Crippen molar-refractivity contribution in [1.29, 1.82) is 0 Å². The summed E-state index contributed by atoms with van der Waals surface area (Å²) in [5, 5.41) is 3.51. The molecule has 4 heteroatoms. The van der Waals surface area contributed by atoms with Crippen molar-refractivity contribution in [3.8, 4) is 0 Å². The van der Waals surface area contributed by atoms with Crippen LogP contribution >= 0.6 is 11.8 Å². The van der Waals surface area contributed by atoms with Crippen molar-refractivity contribution in [2.24, 2.45) is 5.41 Å². The molecule has 0 aromatic heterocycles. The van der Waals surface area contributed by atoms with Crippen LogP contribution in [0.5, 0.6) is 0 Å². The Kier molecular flexibility index (Phi) is 7.51. The van der Waals surface area contributed by atoms with Crippen molar-refractivity contribution in [3.05, 3.63) is 0 Å². The molecule has 1 aliphatic heterocycles. The van der Waals surface area contributed by atoms with Crippen LogP contribution in [-0.2, 0) is 4.74 Å². The van der Waals surface area contributed by atoms with Crippen LogP contribution in [0.15, 0.2) is 0 Å². The van der Waals surface area contributed by atoms with E-state index in [9.17, 15) is 0 Å². The summed E-state index contributed by atoms with van der Waals surface area (Å²) >= 11 is 1.92. The van der Waals surface area contributed by atoms with E-state index in [-0.39, 0.29) is 0 Å². The first-order valence-corrected chi connectivity index (χ1v) is 8.08. The first kappa shape index (κ1) is 15.3. The van der Waals surface area contributed by atoms with Crippen LogP contribution in [-0.4, -0.2) is 63.3 Å². The zero-order chi connectivity index (χ0) is 12.6. The van der Waals surface area contributed by atoms with Gasteiger partial charge >= 0.3 is 0 Å². The Hall–Kier alpha value is 0.230. The topological polar surface area (TPSA) is 24.5 Å². The Morgan fingerprint density at radius 2 is 2.29 bits per heavy atom. The molecule has 1 rings (SSSR count). The third kappa shape index (κ3) is 5.60. The first-order chi connectivity index (χ1) is 8.22. The SMILES string of the molecule is CCNCC1(CN(C)CCSC)CCCOC1. The molecule has 102 valence electrons. The molecule has 3 nitrogen and oxygen atoms in total. The van der Waals surface area contributed by atoms with Crippen molar-refractivity contribution in [3.63, 3.8) is 0 Å². The standard InChI is InChI=1S/C13H28N2OS/c1-4-14-10-13(6-5-8-16-12-13)11-15(2)7-9-17-3/h14H,4-12H2,1-3H3. The van der Waals surface area contributed by atoms with Gasteiger partial charge in [-0.25, -0.2) is 0 Å². The fourth-order valence-corrected chi connectivity index (χ4v) is 3.01. The van der Waals surface area contributed by atoms with Gasteiger partial charge in [-0.05, 0) is 32.7 Å². The van der Waals surface area contributed by atoms with E-state index < -0.39 is 0 Å². The number of nitrogens with one attached hydrogen (secondary N) is 1. The van der Waals surface area contributed by atoms with E-state index in [2.05, 4.69) is 30.4 Å². The van der Waals surface area contributed by atoms with E-state index in [0.717, 1.165) is 32.8 Å². The highest BCUT2D eigenvalue weighted by Crippen LogP contribution is 2.28. The molecule has 1 atom stereocenters. The Labute approximate surface area is 111 Å². The zero-order valence-electron chi connectivity index (χ0n) is 11.6. The normalized spacial score (nSPS) is 25.4. The van der Waals surface area contributed by atoms with Crippen LogP contribution in [0.1, 0.15) is 19.8 Å². The molecule has 1 heterocycles. The van der Waals surface area contributed by atoms with E-state index in [1.54, 1.807) is 0 Å². The molecule has 1 N–H and O–H groups in total. The monoisotopic (exact) mass is 260 g/mol. The van der Waals surface area contributed by atoms with Gasteiger partial charge in [0.2, 0.25) is 0 Å². The minimum absolute atomic E-state index is 0.335. The second kappa shape index (κ2) is 8.35. The molecule has 0 aliphatic carbocycles. The summed E-state index contributed by atoms with van der Waals surface area (Å²) < 4.78 is 5.72. The molecule has 0 aromatic carbocycles. The predicted octanol–water partition coefficient (Wildman–Crippen LogP) is 1.69. The molecule has 1 fully saturated rings. The van der Waals surface area contributed by atoms with Gasteiger partial charge in [-0.15, -0.1) is 0 Å². The van der Waals surface area contributed by atoms with Crippen LogP contribution in [0.25, 0.3) is 0 Å². The van der Waals surface area contributed by atoms with Gasteiger partial charge in [-0.3, -0.25) is 0 Å². The van der Waals surface area contributed by atoms with Gasteiger partial charge in [0, 0.05) is 37.4 Å². The zero-order valence-corrected chi connectivity index (χ0v) is 12.4. The minimum atomic E-state index is 0.335. The maximum Gasteiger partial charge on any atom is 0.0546 e. The quantitative estimate of drug-likeness (QED) is 0.718. The lowest BCUT2D eigenvalue weighted by Gasteiger charge is -2.40. The van der Waals surface area contributed by atoms with Gasteiger partial charge in [-0.2, -0.15) is 11.8 Å². The van der Waals surface area contributed by atoms with Gasteiger partial charge in [0.05, 0.1) is 6.61 Å². The highest BCUT2D eigenvalue weighted by atomic mass is 32.2. The van der Waals surface area contributed by atoms with Crippen molar-refractivity contribution in [2.75, 3.05) is 58.4 Å². The number of rotatable bonds is 8. The lowest BCUT2D eigenvalue weighted by atomic mass is 9.82. The van der Waals surface area contributed by atoms with E-state index >= 15 is 0 Å². The molecule has 0 saturated carbocycles. The lowest BCUT2D eigenvalue weighted by Crippen LogP contribution is -2.48. The van der Waals surface area contributed by atoms with Crippen molar-refractivity contribution < 1.29 is 4.74 Å². The van der Waals surface area contributed by atoms with E-state index in [4.69, 9.17) is 4.74 Å². The summed E-state index contributed by atoms with van der Waals surface area (Å²) in [5.41, 5.74) is 0.335. The molecule has 0 aromatic rings. The number of ether oxygens (including phenoxy) is 1. The highest BCUT2D eigenvalue weighted by Gasteiger charge is 2.33. The molecular formula is C13H28N2OS. The Morgan fingerprint density at radius 3 is 2.88 bits per heavy atom. The fourth-order valence-electron chi connectivity index (χ4n) is 2.52. The molecule has 1 saturated heterocycles. The van der Waals surface area contributed by atoms with Crippen LogP contribution in [0.2, 0.25) is 0 Å². The second-order valence-corrected chi connectivity index (χ2v) is 6.15. The highest BCUT2D eigenvalue weighted by molar-refractivity contribution is 7.98. The van der Waals surface area contributed by atoms with Gasteiger partial charge in [0.1, 0.15) is 0 Å². The largest absolute Gasteiger partial charge is 0.381 e. The maximum atomic E-state index is 5.72. The number of thioether (sulfide) groups is 1. The Morgan fingerprint density at radius 1 is 1.47 bits per heavy atom. The molecule has 0 bridgehead atoms. The Balaban J connectivity index is 2.44. The second-order valence-electron chi connectivity index (χ2n) is 5.17. The summed E-state index contributed by atoms with van der Waals surface area (Å²) in [5.74, 6) is 1.22. The number of hydrogen-bond donors (Lipinski definition) is 1. The smallest absolute Gasteiger partial charge is 0.0546 e. The fraction of sp³-hybridized carbons (Fsp3) is 1.00. The third-order valence-electron chi connectivity index (χ3n) is 3.44. The lowest BCUT2D eigenvalue weighted by molar-refractivity contribution is -0.0216. The molecular weight excluding hydrogens is 232 g/mol. The average Bonchev–Trinajstić information content (AvgIpc) is 2.35. The molecule has 1 aliphatic rings. The summed E-state index contributed by atoms with van der Waals surface area (Å²) in [6, 6.07) is 0. The van der Waals surface area contributed by atoms with Gasteiger partial charge in [0.15, 0.2) is 0 Å². The van der Waals surface area contributed by atoms with Crippen molar-refractivity contribution >= 4 is 11.8 Å². The Bertz CT molecular complexity index is 196. The van der Waals surface area contributed by atoms with Gasteiger partial charge < -0.3 is 15.0 Å². The molecule has 17 heavy (non-hydrogen) atoms. The minimum Gasteiger partial charge on any atom is -0.381 e. The molecule has 0 radical (unpaired) electrons. The number of nitrogens with zero attached hydrogens (tertiary/aromatic N) is 1. The van der Waals surface area contributed by atoms with Crippen molar-refractivity contribution in [1.82, 2.24) is 10.2 Å². The first-order valence-electron chi connectivity index (χ1n) is 6.68. The molecule has 0 spiro atoms. The predicted molar refractivity (Wildman–Crippen MR) is 76.9 cm³/mol. The summed E-state index contributed by atoms with van der Waals surface area (Å²) in [6.07, 6.45) is 4.68. The van der Waals surface area contributed by atoms with Gasteiger partial charge in [0.25, 0.3) is 0 Å². The summed E-state index contributed by atoms with van der Waals surface area (Å²) in [7, 11) is 2.23.